The van der Waals surface area contributed by atoms with Crippen molar-refractivity contribution >= 4 is 17.7 Å². The van der Waals surface area contributed by atoms with Crippen molar-refractivity contribution in [2.45, 2.75) is 57.0 Å². The lowest BCUT2D eigenvalue weighted by Crippen LogP contribution is -2.52. The van der Waals surface area contributed by atoms with Crippen LogP contribution in [0.15, 0.2) is 18.2 Å². The zero-order chi connectivity index (χ0) is 22.2. The van der Waals surface area contributed by atoms with Crippen LogP contribution >= 0.6 is 0 Å². The van der Waals surface area contributed by atoms with Crippen LogP contribution in [0.25, 0.3) is 0 Å². The monoisotopic (exact) mass is 438 g/mol. The van der Waals surface area contributed by atoms with Gasteiger partial charge in [-0.05, 0) is 43.5 Å². The van der Waals surface area contributed by atoms with Gasteiger partial charge in [-0.3, -0.25) is 24.6 Å². The van der Waals surface area contributed by atoms with Gasteiger partial charge in [-0.25, -0.2) is 0 Å². The maximum atomic E-state index is 13.3. The highest BCUT2D eigenvalue weighted by atomic mass is 19.4. The van der Waals surface area contributed by atoms with Gasteiger partial charge in [0, 0.05) is 31.1 Å². The molecule has 0 spiro atoms. The summed E-state index contributed by atoms with van der Waals surface area (Å²) in [6.45, 7) is 0.512. The van der Waals surface area contributed by atoms with Crippen LogP contribution in [-0.2, 0) is 22.7 Å². The third-order valence-electron chi connectivity index (χ3n) is 6.22. The molecule has 4 rings (SSSR count). The Morgan fingerprint density at radius 2 is 1.84 bits per heavy atom. The van der Waals surface area contributed by atoms with E-state index in [1.54, 1.807) is 18.2 Å². The third-order valence-corrected chi connectivity index (χ3v) is 6.22. The highest BCUT2D eigenvalue weighted by Gasteiger charge is 2.41. The molecule has 1 aromatic carbocycles. The third kappa shape index (κ3) is 4.74. The number of imide groups is 1. The predicted molar refractivity (Wildman–Crippen MR) is 105 cm³/mol. The lowest BCUT2D eigenvalue weighted by molar-refractivity contribution is -0.153. The van der Waals surface area contributed by atoms with E-state index in [1.807, 2.05) is 0 Å². The summed E-state index contributed by atoms with van der Waals surface area (Å²) in [5.41, 5.74) is 1.62. The number of halogens is 3. The van der Waals surface area contributed by atoms with Crippen molar-refractivity contribution in [2.24, 2.45) is 0 Å². The molecule has 0 saturated carbocycles. The van der Waals surface area contributed by atoms with Crippen molar-refractivity contribution in [2.75, 3.05) is 19.6 Å². The van der Waals surface area contributed by atoms with E-state index >= 15 is 0 Å². The molecule has 0 radical (unpaired) electrons. The number of fused-ring (bicyclic) bond motifs is 1. The first-order chi connectivity index (χ1) is 14.7. The minimum absolute atomic E-state index is 0.0161. The molecule has 2 N–H and O–H groups in total. The lowest BCUT2D eigenvalue weighted by atomic mass is 9.99. The van der Waals surface area contributed by atoms with Gasteiger partial charge < -0.3 is 10.2 Å². The fourth-order valence-corrected chi connectivity index (χ4v) is 4.76. The number of nitrogens with zero attached hydrogens (tertiary/aromatic N) is 2. The van der Waals surface area contributed by atoms with Crippen LogP contribution in [0, 0.1) is 0 Å². The normalized spacial score (nSPS) is 22.8. The number of benzene rings is 1. The number of nitrogens with one attached hydrogen (secondary N) is 2. The average Bonchev–Trinajstić information content (AvgIpc) is 3.04. The van der Waals surface area contributed by atoms with E-state index in [9.17, 15) is 27.6 Å². The van der Waals surface area contributed by atoms with Gasteiger partial charge in [0.2, 0.25) is 11.8 Å². The molecule has 7 nitrogen and oxygen atoms in total. The smallest absolute Gasteiger partial charge is 0.322 e. The van der Waals surface area contributed by atoms with E-state index in [2.05, 4.69) is 10.6 Å². The zero-order valence-corrected chi connectivity index (χ0v) is 17.0. The first-order valence-corrected chi connectivity index (χ1v) is 10.5. The van der Waals surface area contributed by atoms with Gasteiger partial charge in [0.25, 0.3) is 5.91 Å². The Hall–Kier alpha value is -2.46. The minimum atomic E-state index is -4.34. The highest BCUT2D eigenvalue weighted by Crippen LogP contribution is 2.32. The van der Waals surface area contributed by atoms with Crippen LogP contribution in [0.5, 0.6) is 0 Å². The summed E-state index contributed by atoms with van der Waals surface area (Å²) in [6.07, 6.45) is -2.72. The zero-order valence-electron chi connectivity index (χ0n) is 17.0. The summed E-state index contributed by atoms with van der Waals surface area (Å²) >= 11 is 0. The Bertz CT molecular complexity index is 883. The Balaban J connectivity index is 1.57. The summed E-state index contributed by atoms with van der Waals surface area (Å²) in [7, 11) is 0. The van der Waals surface area contributed by atoms with Crippen LogP contribution in [0.2, 0.25) is 0 Å². The number of hydrogen-bond donors (Lipinski definition) is 2. The number of alkyl halides is 3. The first-order valence-electron chi connectivity index (χ1n) is 10.5. The fourth-order valence-electron chi connectivity index (χ4n) is 4.76. The molecule has 1 unspecified atom stereocenters. The number of carbonyl (C=O) groups excluding carboxylic acids is 3. The molecular weight excluding hydrogens is 413 g/mol. The van der Waals surface area contributed by atoms with E-state index in [4.69, 9.17) is 0 Å². The Morgan fingerprint density at radius 3 is 2.52 bits per heavy atom. The standard InChI is InChI=1S/C21H25F3N4O3/c22-21(23,24)12-27(15-6-8-25-9-7-15)10-13-2-1-3-14-11-28(20(31)18(13)14)16-4-5-17(29)26-19(16)30/h1-3,15-16,25H,4-12H2,(H,26,29,30). The molecule has 3 aliphatic rings. The van der Waals surface area contributed by atoms with Crippen LogP contribution in [0.3, 0.4) is 0 Å². The molecule has 1 atom stereocenters. The predicted octanol–water partition coefficient (Wildman–Crippen LogP) is 1.56. The topological polar surface area (TPSA) is 81.8 Å². The molecule has 1 aromatic rings. The van der Waals surface area contributed by atoms with E-state index in [1.165, 1.54) is 9.80 Å². The molecule has 3 aliphatic heterocycles. The summed E-state index contributed by atoms with van der Waals surface area (Å²) in [5.74, 6) is -1.24. The van der Waals surface area contributed by atoms with Crippen molar-refractivity contribution in [1.29, 1.82) is 0 Å². The average molecular weight is 438 g/mol. The second-order valence-electron chi connectivity index (χ2n) is 8.35. The van der Waals surface area contributed by atoms with Gasteiger partial charge >= 0.3 is 6.18 Å². The SMILES string of the molecule is O=C1CCC(N2Cc3cccc(CN(CC(F)(F)F)C4CCNCC4)c3C2=O)C(=O)N1. The summed E-state index contributed by atoms with van der Waals surface area (Å²) < 4.78 is 39.9. The van der Waals surface area contributed by atoms with Crippen LogP contribution in [-0.4, -0.2) is 65.4 Å². The molecule has 10 heteroatoms. The van der Waals surface area contributed by atoms with Crippen molar-refractivity contribution in [3.63, 3.8) is 0 Å². The molecule has 31 heavy (non-hydrogen) atoms. The number of amides is 3. The van der Waals surface area contributed by atoms with E-state index in [-0.39, 0.29) is 43.8 Å². The molecular formula is C21H25F3N4O3. The molecule has 0 aliphatic carbocycles. The van der Waals surface area contributed by atoms with Crippen molar-refractivity contribution < 1.29 is 27.6 Å². The second kappa shape index (κ2) is 8.58. The Morgan fingerprint density at radius 1 is 1.10 bits per heavy atom. The molecule has 0 aromatic heterocycles. The van der Waals surface area contributed by atoms with E-state index in [0.29, 0.717) is 42.6 Å². The quantitative estimate of drug-likeness (QED) is 0.682. The molecule has 2 saturated heterocycles. The van der Waals surface area contributed by atoms with E-state index in [0.717, 1.165) is 0 Å². The first kappa shape index (κ1) is 21.8. The van der Waals surface area contributed by atoms with Gasteiger partial charge in [0.15, 0.2) is 0 Å². The van der Waals surface area contributed by atoms with Crippen molar-refractivity contribution in [1.82, 2.24) is 20.4 Å². The van der Waals surface area contributed by atoms with Gasteiger partial charge in [0.1, 0.15) is 6.04 Å². The number of rotatable bonds is 5. The largest absolute Gasteiger partial charge is 0.401 e. The van der Waals surface area contributed by atoms with Crippen LogP contribution in [0.1, 0.15) is 47.2 Å². The van der Waals surface area contributed by atoms with Gasteiger partial charge in [-0.2, -0.15) is 13.2 Å². The molecule has 2 fully saturated rings. The number of carbonyl (C=O) groups is 3. The summed E-state index contributed by atoms with van der Waals surface area (Å²) in [6, 6.07) is 4.22. The number of hydrogen-bond acceptors (Lipinski definition) is 5. The summed E-state index contributed by atoms with van der Waals surface area (Å²) in [4.78, 5) is 39.7. The molecule has 0 bridgehead atoms. The minimum Gasteiger partial charge on any atom is -0.322 e. The fraction of sp³-hybridized carbons (Fsp3) is 0.571. The maximum Gasteiger partial charge on any atom is 0.401 e. The lowest BCUT2D eigenvalue weighted by Gasteiger charge is -2.35. The van der Waals surface area contributed by atoms with Crippen LogP contribution < -0.4 is 10.6 Å². The van der Waals surface area contributed by atoms with Gasteiger partial charge in [-0.1, -0.05) is 18.2 Å². The maximum absolute atomic E-state index is 13.3. The van der Waals surface area contributed by atoms with E-state index < -0.39 is 24.7 Å². The second-order valence-corrected chi connectivity index (χ2v) is 8.35. The highest BCUT2D eigenvalue weighted by molar-refractivity contribution is 6.05. The Labute approximate surface area is 177 Å². The van der Waals surface area contributed by atoms with Crippen LogP contribution in [0.4, 0.5) is 13.2 Å². The molecule has 3 amide bonds. The van der Waals surface area contributed by atoms with Gasteiger partial charge in [0.05, 0.1) is 6.54 Å². The van der Waals surface area contributed by atoms with Crippen molar-refractivity contribution in [3.05, 3.63) is 34.9 Å². The Kier molecular flexibility index (Phi) is 6.02. The van der Waals surface area contributed by atoms with Gasteiger partial charge in [-0.15, -0.1) is 0 Å². The number of piperidine rings is 2. The molecule has 168 valence electrons. The molecule has 3 heterocycles. The summed E-state index contributed by atoms with van der Waals surface area (Å²) in [5, 5.41) is 5.42. The van der Waals surface area contributed by atoms with Crippen molar-refractivity contribution in [3.8, 4) is 0 Å².